The van der Waals surface area contributed by atoms with Crippen LogP contribution in [0.3, 0.4) is 0 Å². The predicted octanol–water partition coefficient (Wildman–Crippen LogP) is 1.99. The van der Waals surface area contributed by atoms with Crippen molar-refractivity contribution < 1.29 is 13.2 Å². The molecule has 1 aliphatic heterocycles. The number of carbonyl (C=O) groups is 1. The Morgan fingerprint density at radius 1 is 1.36 bits per heavy atom. The summed E-state index contributed by atoms with van der Waals surface area (Å²) in [6.07, 6.45) is 0.488. The maximum atomic E-state index is 11.9. The Kier molecular flexibility index (Phi) is 5.60. The minimum Gasteiger partial charge on any atom is -0.352 e. The highest BCUT2D eigenvalue weighted by Gasteiger charge is 2.28. The van der Waals surface area contributed by atoms with Crippen LogP contribution in [-0.4, -0.2) is 47.8 Å². The molecule has 0 bridgehead atoms. The number of amides is 1. The van der Waals surface area contributed by atoms with E-state index in [-0.39, 0.29) is 29.2 Å². The standard InChI is InChI=1S/C15H18N4O3S3/c1-10-4-2-3-5-12(10)17-14-18-19-15(24-14)23-8-13(20)16-11-6-7-25(21,22)9-11/h2-5,11H,6-9H2,1H3,(H,16,20)(H,17,18)/t11-/m0/s1. The molecule has 0 aliphatic carbocycles. The SMILES string of the molecule is Cc1ccccc1Nc1nnc(SCC(=O)N[C@H]2CCS(=O)(=O)C2)s1. The van der Waals surface area contributed by atoms with E-state index in [9.17, 15) is 13.2 Å². The van der Waals surface area contributed by atoms with Gasteiger partial charge in [-0.15, -0.1) is 10.2 Å². The molecule has 7 nitrogen and oxygen atoms in total. The lowest BCUT2D eigenvalue weighted by Crippen LogP contribution is -2.36. The first kappa shape index (κ1) is 18.2. The number of aryl methyl sites for hydroxylation is 1. The maximum absolute atomic E-state index is 11.9. The average Bonchev–Trinajstić information content (AvgIpc) is 3.14. The van der Waals surface area contributed by atoms with Gasteiger partial charge in [0.25, 0.3) is 0 Å². The number of aromatic nitrogens is 2. The Hall–Kier alpha value is -1.65. The van der Waals surface area contributed by atoms with Crippen molar-refractivity contribution in [3.05, 3.63) is 29.8 Å². The van der Waals surface area contributed by atoms with Gasteiger partial charge in [0, 0.05) is 11.7 Å². The molecule has 3 rings (SSSR count). The fraction of sp³-hybridized carbons (Fsp3) is 0.400. The quantitative estimate of drug-likeness (QED) is 0.718. The highest BCUT2D eigenvalue weighted by atomic mass is 32.2. The monoisotopic (exact) mass is 398 g/mol. The second-order valence-electron chi connectivity index (χ2n) is 5.77. The summed E-state index contributed by atoms with van der Waals surface area (Å²) in [6.45, 7) is 2.01. The molecule has 1 aromatic heterocycles. The van der Waals surface area contributed by atoms with Gasteiger partial charge >= 0.3 is 0 Å². The lowest BCUT2D eigenvalue weighted by atomic mass is 10.2. The number of para-hydroxylation sites is 1. The number of sulfone groups is 1. The molecule has 0 unspecified atom stereocenters. The highest BCUT2D eigenvalue weighted by molar-refractivity contribution is 8.01. The average molecular weight is 399 g/mol. The number of carbonyl (C=O) groups excluding carboxylic acids is 1. The van der Waals surface area contributed by atoms with Gasteiger partial charge in [-0.05, 0) is 25.0 Å². The number of hydrogen-bond acceptors (Lipinski definition) is 8. The van der Waals surface area contributed by atoms with E-state index in [0.29, 0.717) is 15.9 Å². The topological polar surface area (TPSA) is 101 Å². The van der Waals surface area contributed by atoms with Crippen LogP contribution in [0.25, 0.3) is 0 Å². The molecule has 0 spiro atoms. The Bertz CT molecular complexity index is 866. The van der Waals surface area contributed by atoms with Crippen LogP contribution in [-0.2, 0) is 14.6 Å². The summed E-state index contributed by atoms with van der Waals surface area (Å²) in [4.78, 5) is 11.9. The molecular formula is C15H18N4O3S3. The molecule has 1 amide bonds. The Morgan fingerprint density at radius 3 is 2.88 bits per heavy atom. The zero-order valence-electron chi connectivity index (χ0n) is 13.6. The van der Waals surface area contributed by atoms with E-state index >= 15 is 0 Å². The van der Waals surface area contributed by atoms with E-state index in [1.807, 2.05) is 31.2 Å². The smallest absolute Gasteiger partial charge is 0.230 e. The van der Waals surface area contributed by atoms with Crippen molar-refractivity contribution in [2.75, 3.05) is 22.6 Å². The molecule has 1 aromatic carbocycles. The third-order valence-corrected chi connectivity index (χ3v) is 7.46. The molecule has 1 fully saturated rings. The van der Waals surface area contributed by atoms with E-state index in [4.69, 9.17) is 0 Å². The van der Waals surface area contributed by atoms with Crippen LogP contribution in [0.1, 0.15) is 12.0 Å². The zero-order chi connectivity index (χ0) is 17.9. The van der Waals surface area contributed by atoms with Crippen molar-refractivity contribution >= 4 is 49.7 Å². The molecule has 1 aliphatic rings. The Morgan fingerprint density at radius 2 is 2.16 bits per heavy atom. The molecule has 25 heavy (non-hydrogen) atoms. The number of anilines is 2. The van der Waals surface area contributed by atoms with Gasteiger partial charge in [0.1, 0.15) is 0 Å². The molecule has 2 aromatic rings. The summed E-state index contributed by atoms with van der Waals surface area (Å²) in [5.74, 6) is 0.188. The van der Waals surface area contributed by atoms with Gasteiger partial charge < -0.3 is 10.6 Å². The van der Waals surface area contributed by atoms with Crippen LogP contribution in [0.4, 0.5) is 10.8 Å². The summed E-state index contributed by atoms with van der Waals surface area (Å²) in [5.41, 5.74) is 2.08. The molecule has 2 N–H and O–H groups in total. The van der Waals surface area contributed by atoms with Crippen molar-refractivity contribution in [3.63, 3.8) is 0 Å². The number of rotatable bonds is 6. The molecular weight excluding hydrogens is 380 g/mol. The van der Waals surface area contributed by atoms with E-state index in [1.165, 1.54) is 23.1 Å². The first-order valence-electron chi connectivity index (χ1n) is 7.70. The first-order valence-corrected chi connectivity index (χ1v) is 11.3. The first-order chi connectivity index (χ1) is 11.9. The molecule has 1 atom stereocenters. The van der Waals surface area contributed by atoms with Gasteiger partial charge in [0.15, 0.2) is 14.2 Å². The number of thioether (sulfide) groups is 1. The minimum absolute atomic E-state index is 0.0344. The number of nitrogens with zero attached hydrogens (tertiary/aromatic N) is 2. The third kappa shape index (κ3) is 5.16. The van der Waals surface area contributed by atoms with Gasteiger partial charge in [-0.3, -0.25) is 4.79 Å². The molecule has 1 saturated heterocycles. The number of benzene rings is 1. The summed E-state index contributed by atoms with van der Waals surface area (Å²) in [7, 11) is -2.99. The second kappa shape index (κ2) is 7.71. The summed E-state index contributed by atoms with van der Waals surface area (Å²) >= 11 is 2.67. The highest BCUT2D eigenvalue weighted by Crippen LogP contribution is 2.28. The van der Waals surface area contributed by atoms with Crippen LogP contribution in [0.5, 0.6) is 0 Å². The lowest BCUT2D eigenvalue weighted by molar-refractivity contribution is -0.119. The third-order valence-electron chi connectivity index (χ3n) is 3.72. The van der Waals surface area contributed by atoms with E-state index in [2.05, 4.69) is 20.8 Å². The van der Waals surface area contributed by atoms with Crippen molar-refractivity contribution in [1.29, 1.82) is 0 Å². The van der Waals surface area contributed by atoms with E-state index in [0.717, 1.165) is 11.3 Å². The van der Waals surface area contributed by atoms with Gasteiger partial charge in [0.05, 0.1) is 17.3 Å². The van der Waals surface area contributed by atoms with Gasteiger partial charge in [-0.2, -0.15) is 0 Å². The zero-order valence-corrected chi connectivity index (χ0v) is 16.0. The van der Waals surface area contributed by atoms with Gasteiger partial charge in [0.2, 0.25) is 11.0 Å². The second-order valence-corrected chi connectivity index (χ2v) is 10.2. The van der Waals surface area contributed by atoms with Gasteiger partial charge in [-0.1, -0.05) is 41.3 Å². The van der Waals surface area contributed by atoms with Crippen molar-refractivity contribution in [1.82, 2.24) is 15.5 Å². The lowest BCUT2D eigenvalue weighted by Gasteiger charge is -2.09. The van der Waals surface area contributed by atoms with E-state index < -0.39 is 9.84 Å². The summed E-state index contributed by atoms with van der Waals surface area (Å²) < 4.78 is 23.5. The van der Waals surface area contributed by atoms with Crippen LogP contribution in [0.15, 0.2) is 28.6 Å². The van der Waals surface area contributed by atoms with Crippen LogP contribution in [0, 0.1) is 6.92 Å². The summed E-state index contributed by atoms with van der Waals surface area (Å²) in [5, 5.41) is 14.8. The van der Waals surface area contributed by atoms with E-state index in [1.54, 1.807) is 0 Å². The van der Waals surface area contributed by atoms with Crippen molar-refractivity contribution in [2.24, 2.45) is 0 Å². The Labute approximate surface area is 154 Å². The molecule has 0 saturated carbocycles. The predicted molar refractivity (Wildman–Crippen MR) is 100 cm³/mol. The fourth-order valence-corrected chi connectivity index (χ4v) is 5.70. The number of nitrogens with one attached hydrogen (secondary N) is 2. The molecule has 0 radical (unpaired) electrons. The molecule has 2 heterocycles. The van der Waals surface area contributed by atoms with Crippen LogP contribution < -0.4 is 10.6 Å². The normalized spacial score (nSPS) is 18.8. The number of hydrogen-bond donors (Lipinski definition) is 2. The van der Waals surface area contributed by atoms with Gasteiger partial charge in [-0.25, -0.2) is 8.42 Å². The minimum atomic E-state index is -2.99. The summed E-state index contributed by atoms with van der Waals surface area (Å²) in [6, 6.07) is 7.61. The van der Waals surface area contributed by atoms with Crippen molar-refractivity contribution in [3.8, 4) is 0 Å². The largest absolute Gasteiger partial charge is 0.352 e. The molecule has 134 valence electrons. The molecule has 10 heteroatoms. The van der Waals surface area contributed by atoms with Crippen LogP contribution >= 0.6 is 23.1 Å². The fourth-order valence-electron chi connectivity index (χ4n) is 2.45. The maximum Gasteiger partial charge on any atom is 0.230 e. The Balaban J connectivity index is 1.48. The van der Waals surface area contributed by atoms with Crippen LogP contribution in [0.2, 0.25) is 0 Å². The van der Waals surface area contributed by atoms with Crippen molar-refractivity contribution in [2.45, 2.75) is 23.7 Å².